The molecule has 0 aromatic carbocycles. The molecule has 0 bridgehead atoms. The predicted molar refractivity (Wildman–Crippen MR) is 40.3 cm³/mol. The molecule has 5 heteroatoms. The summed E-state index contributed by atoms with van der Waals surface area (Å²) in [6, 6.07) is 3.70. The largest absolute Gasteiger partial charge is 0.372 e. The van der Waals surface area contributed by atoms with Crippen molar-refractivity contribution >= 4 is 11.5 Å². The third-order valence-corrected chi connectivity index (χ3v) is 1.42. The van der Waals surface area contributed by atoms with Gasteiger partial charge in [-0.3, -0.25) is 0 Å². The Balaban J connectivity index is 2.67. The van der Waals surface area contributed by atoms with E-state index in [9.17, 15) is 0 Å². The SMILES string of the molecule is CNc1ccc2nncn2n1. The summed E-state index contributed by atoms with van der Waals surface area (Å²) in [5.74, 6) is 0.803. The Kier molecular flexibility index (Phi) is 1.21. The molecule has 2 heterocycles. The second-order valence-electron chi connectivity index (χ2n) is 2.10. The van der Waals surface area contributed by atoms with Crippen molar-refractivity contribution in [2.24, 2.45) is 0 Å². The smallest absolute Gasteiger partial charge is 0.177 e. The number of rotatable bonds is 1. The zero-order valence-corrected chi connectivity index (χ0v) is 6.02. The van der Waals surface area contributed by atoms with Crippen LogP contribution in [-0.2, 0) is 0 Å². The highest BCUT2D eigenvalue weighted by Gasteiger charge is 1.95. The minimum absolute atomic E-state index is 0.754. The number of nitrogens with zero attached hydrogens (tertiary/aromatic N) is 4. The standard InChI is InChI=1S/C6H7N5/c1-7-5-2-3-6-9-8-4-11(6)10-5/h2-4H,1H3,(H,7,10). The van der Waals surface area contributed by atoms with E-state index in [1.165, 1.54) is 0 Å². The zero-order valence-electron chi connectivity index (χ0n) is 6.02. The summed E-state index contributed by atoms with van der Waals surface area (Å²) >= 11 is 0. The van der Waals surface area contributed by atoms with Crippen molar-refractivity contribution < 1.29 is 0 Å². The van der Waals surface area contributed by atoms with Crippen LogP contribution in [0.3, 0.4) is 0 Å². The molecule has 56 valence electrons. The fraction of sp³-hybridized carbons (Fsp3) is 0.167. The van der Waals surface area contributed by atoms with Gasteiger partial charge in [0, 0.05) is 7.05 Å². The Bertz CT molecular complexity index is 366. The number of fused-ring (bicyclic) bond motifs is 1. The summed E-state index contributed by atoms with van der Waals surface area (Å²) in [4.78, 5) is 0. The van der Waals surface area contributed by atoms with Gasteiger partial charge in [0.05, 0.1) is 0 Å². The Morgan fingerprint density at radius 2 is 2.36 bits per heavy atom. The first kappa shape index (κ1) is 6.09. The maximum atomic E-state index is 4.13. The molecule has 0 aliphatic heterocycles. The highest BCUT2D eigenvalue weighted by molar-refractivity contribution is 5.42. The summed E-state index contributed by atoms with van der Waals surface area (Å²) in [5.41, 5.74) is 0.754. The van der Waals surface area contributed by atoms with E-state index in [2.05, 4.69) is 20.6 Å². The van der Waals surface area contributed by atoms with E-state index < -0.39 is 0 Å². The second kappa shape index (κ2) is 2.19. The first-order chi connectivity index (χ1) is 5.40. The Hall–Kier alpha value is -1.65. The molecule has 0 saturated carbocycles. The fourth-order valence-corrected chi connectivity index (χ4v) is 0.862. The van der Waals surface area contributed by atoms with Crippen molar-refractivity contribution in [2.75, 3.05) is 12.4 Å². The Labute approximate surface area is 63.1 Å². The van der Waals surface area contributed by atoms with E-state index in [0.717, 1.165) is 11.5 Å². The van der Waals surface area contributed by atoms with Crippen LogP contribution in [0.25, 0.3) is 5.65 Å². The van der Waals surface area contributed by atoms with Crippen LogP contribution in [-0.4, -0.2) is 26.9 Å². The van der Waals surface area contributed by atoms with Crippen LogP contribution in [0.2, 0.25) is 0 Å². The second-order valence-corrected chi connectivity index (χ2v) is 2.10. The number of anilines is 1. The number of hydrogen-bond acceptors (Lipinski definition) is 4. The van der Waals surface area contributed by atoms with Gasteiger partial charge in [-0.05, 0) is 12.1 Å². The van der Waals surface area contributed by atoms with Gasteiger partial charge in [-0.2, -0.15) is 4.52 Å². The fourth-order valence-electron chi connectivity index (χ4n) is 0.862. The summed E-state index contributed by atoms with van der Waals surface area (Å²) in [5, 5.41) is 14.6. The van der Waals surface area contributed by atoms with Crippen LogP contribution in [0.1, 0.15) is 0 Å². The minimum atomic E-state index is 0.754. The molecule has 1 N–H and O–H groups in total. The number of aromatic nitrogens is 4. The molecular formula is C6H7N5. The molecule has 2 aromatic heterocycles. The monoisotopic (exact) mass is 149 g/mol. The van der Waals surface area contributed by atoms with Crippen LogP contribution >= 0.6 is 0 Å². The van der Waals surface area contributed by atoms with Gasteiger partial charge < -0.3 is 5.32 Å². The molecule has 0 amide bonds. The molecule has 0 spiro atoms. The van der Waals surface area contributed by atoms with Gasteiger partial charge in [0.2, 0.25) is 0 Å². The maximum absolute atomic E-state index is 4.13. The van der Waals surface area contributed by atoms with Gasteiger partial charge >= 0.3 is 0 Å². The highest BCUT2D eigenvalue weighted by atomic mass is 15.4. The average molecular weight is 149 g/mol. The van der Waals surface area contributed by atoms with Gasteiger partial charge in [-0.25, -0.2) is 0 Å². The lowest BCUT2D eigenvalue weighted by molar-refractivity contribution is 0.929. The lowest BCUT2D eigenvalue weighted by atomic mass is 10.5. The van der Waals surface area contributed by atoms with Crippen LogP contribution in [0, 0.1) is 0 Å². The molecule has 2 aromatic rings. The molecule has 2 rings (SSSR count). The third-order valence-electron chi connectivity index (χ3n) is 1.42. The summed E-state index contributed by atoms with van der Waals surface area (Å²) < 4.78 is 1.62. The van der Waals surface area contributed by atoms with E-state index in [-0.39, 0.29) is 0 Å². The van der Waals surface area contributed by atoms with Gasteiger partial charge in [-0.1, -0.05) is 0 Å². The van der Waals surface area contributed by atoms with E-state index in [0.29, 0.717) is 0 Å². The average Bonchev–Trinajstić information content (AvgIpc) is 2.50. The van der Waals surface area contributed by atoms with Crippen LogP contribution in [0.4, 0.5) is 5.82 Å². The van der Waals surface area contributed by atoms with E-state index in [1.54, 1.807) is 10.8 Å². The molecule has 0 unspecified atom stereocenters. The zero-order chi connectivity index (χ0) is 7.68. The van der Waals surface area contributed by atoms with Crippen molar-refractivity contribution in [3.8, 4) is 0 Å². The summed E-state index contributed by atoms with van der Waals surface area (Å²) in [6.07, 6.45) is 1.57. The van der Waals surface area contributed by atoms with Crippen molar-refractivity contribution in [3.05, 3.63) is 18.5 Å². The first-order valence-corrected chi connectivity index (χ1v) is 3.25. The normalized spacial score (nSPS) is 10.3. The van der Waals surface area contributed by atoms with Crippen LogP contribution in [0.15, 0.2) is 18.5 Å². The van der Waals surface area contributed by atoms with E-state index >= 15 is 0 Å². The third kappa shape index (κ3) is 0.899. The summed E-state index contributed by atoms with van der Waals surface area (Å²) in [7, 11) is 1.82. The molecule has 11 heavy (non-hydrogen) atoms. The molecule has 0 saturated heterocycles. The van der Waals surface area contributed by atoms with Crippen molar-refractivity contribution in [3.63, 3.8) is 0 Å². The van der Waals surface area contributed by atoms with Crippen LogP contribution in [0.5, 0.6) is 0 Å². The van der Waals surface area contributed by atoms with E-state index in [4.69, 9.17) is 0 Å². The lowest BCUT2D eigenvalue weighted by Crippen LogP contribution is -1.96. The minimum Gasteiger partial charge on any atom is -0.372 e. The first-order valence-electron chi connectivity index (χ1n) is 3.25. The predicted octanol–water partition coefficient (Wildman–Crippen LogP) is 0.166. The van der Waals surface area contributed by atoms with Crippen molar-refractivity contribution in [2.45, 2.75) is 0 Å². The number of hydrogen-bond donors (Lipinski definition) is 1. The van der Waals surface area contributed by atoms with Crippen LogP contribution < -0.4 is 5.32 Å². The summed E-state index contributed by atoms with van der Waals surface area (Å²) in [6.45, 7) is 0. The van der Waals surface area contributed by atoms with Crippen molar-refractivity contribution in [1.82, 2.24) is 19.8 Å². The Morgan fingerprint density at radius 1 is 1.45 bits per heavy atom. The Morgan fingerprint density at radius 3 is 3.18 bits per heavy atom. The lowest BCUT2D eigenvalue weighted by Gasteiger charge is -1.96. The molecular weight excluding hydrogens is 142 g/mol. The molecule has 0 aliphatic rings. The maximum Gasteiger partial charge on any atom is 0.177 e. The molecule has 0 atom stereocenters. The molecule has 5 nitrogen and oxygen atoms in total. The topological polar surface area (TPSA) is 55.1 Å². The van der Waals surface area contributed by atoms with Gasteiger partial charge in [0.15, 0.2) is 5.65 Å². The molecule has 0 aliphatic carbocycles. The molecule has 0 radical (unpaired) electrons. The van der Waals surface area contributed by atoms with Crippen molar-refractivity contribution in [1.29, 1.82) is 0 Å². The highest BCUT2D eigenvalue weighted by Crippen LogP contribution is 2.01. The van der Waals surface area contributed by atoms with Gasteiger partial charge in [0.25, 0.3) is 0 Å². The van der Waals surface area contributed by atoms with Gasteiger partial charge in [0.1, 0.15) is 12.1 Å². The number of nitrogens with one attached hydrogen (secondary N) is 1. The van der Waals surface area contributed by atoms with Gasteiger partial charge in [-0.15, -0.1) is 15.3 Å². The molecule has 0 fully saturated rings. The quantitative estimate of drug-likeness (QED) is 0.627. The van der Waals surface area contributed by atoms with E-state index in [1.807, 2.05) is 19.2 Å².